The smallest absolute Gasteiger partial charge is 0.419 e. The van der Waals surface area contributed by atoms with E-state index in [1.165, 1.54) is 25.3 Å². The highest BCUT2D eigenvalue weighted by Gasteiger charge is 2.34. The molecule has 0 aromatic carbocycles. The van der Waals surface area contributed by atoms with Gasteiger partial charge in [0.2, 0.25) is 0 Å². The molecule has 21 heavy (non-hydrogen) atoms. The van der Waals surface area contributed by atoms with Crippen molar-refractivity contribution in [3.63, 3.8) is 0 Å². The van der Waals surface area contributed by atoms with Crippen LogP contribution < -0.4 is 5.73 Å². The highest BCUT2D eigenvalue weighted by Crippen LogP contribution is 2.27. The number of ether oxygens (including phenoxy) is 1. The zero-order chi connectivity index (χ0) is 16.5. The van der Waals surface area contributed by atoms with E-state index in [9.17, 15) is 18.0 Å². The van der Waals surface area contributed by atoms with E-state index in [1.807, 2.05) is 0 Å². The number of rotatable bonds is 7. The molecule has 7 heteroatoms. The molecule has 3 N–H and O–H groups in total. The third kappa shape index (κ3) is 7.14. The number of nitrogens with one attached hydrogen (secondary N) is 1. The van der Waals surface area contributed by atoms with Gasteiger partial charge in [-0.05, 0) is 0 Å². The molecule has 0 amide bonds. The molecule has 0 radical (unpaired) electrons. The van der Waals surface area contributed by atoms with Crippen molar-refractivity contribution in [3.8, 4) is 0 Å². The summed E-state index contributed by atoms with van der Waals surface area (Å²) in [6, 6.07) is 0. The van der Waals surface area contributed by atoms with E-state index in [0.717, 1.165) is 0 Å². The quantitative estimate of drug-likeness (QED) is 0.431. The Morgan fingerprint density at radius 3 is 2.38 bits per heavy atom. The molecule has 0 aromatic rings. The van der Waals surface area contributed by atoms with Crippen molar-refractivity contribution in [2.45, 2.75) is 19.0 Å². The van der Waals surface area contributed by atoms with Crippen LogP contribution in [0.1, 0.15) is 12.8 Å². The standard InChI is InChI=1S/C14H17F3N2O2/c1-3-4-5-6-10(8-13(20)21-2)7-12(19)11(9-18)14(15,16)17/h3-6,9,18H,1,7-8,19H2,2H3/b5-4-,10-6+,12-11?,18-9?. The zero-order valence-electron chi connectivity index (χ0n) is 11.5. The summed E-state index contributed by atoms with van der Waals surface area (Å²) in [7, 11) is 1.18. The first kappa shape index (κ1) is 18.7. The molecule has 0 spiro atoms. The minimum absolute atomic E-state index is 0.157. The highest BCUT2D eigenvalue weighted by molar-refractivity contribution is 5.79. The van der Waals surface area contributed by atoms with Gasteiger partial charge >= 0.3 is 12.1 Å². The fourth-order valence-corrected chi connectivity index (χ4v) is 1.40. The molecule has 116 valence electrons. The second-order valence-corrected chi connectivity index (χ2v) is 3.96. The van der Waals surface area contributed by atoms with E-state index in [4.69, 9.17) is 11.1 Å². The Balaban J connectivity index is 5.37. The Morgan fingerprint density at radius 2 is 1.95 bits per heavy atom. The van der Waals surface area contributed by atoms with Gasteiger partial charge in [-0.3, -0.25) is 4.79 Å². The molecule has 0 unspecified atom stereocenters. The topological polar surface area (TPSA) is 76.2 Å². The molecule has 0 aliphatic carbocycles. The zero-order valence-corrected chi connectivity index (χ0v) is 11.5. The molecule has 0 bridgehead atoms. The molecule has 0 saturated heterocycles. The number of esters is 1. The van der Waals surface area contributed by atoms with Crippen molar-refractivity contribution in [2.75, 3.05) is 7.11 Å². The maximum Gasteiger partial charge on any atom is 0.419 e. The van der Waals surface area contributed by atoms with Crippen LogP contribution in [0.5, 0.6) is 0 Å². The van der Waals surface area contributed by atoms with Gasteiger partial charge in [-0.15, -0.1) is 0 Å². The van der Waals surface area contributed by atoms with Crippen LogP contribution >= 0.6 is 0 Å². The average molecular weight is 302 g/mol. The molecule has 0 aromatic heterocycles. The van der Waals surface area contributed by atoms with Gasteiger partial charge in [0, 0.05) is 18.3 Å². The minimum Gasteiger partial charge on any atom is -0.469 e. The Bertz CT molecular complexity index is 489. The van der Waals surface area contributed by atoms with E-state index in [2.05, 4.69) is 11.3 Å². The van der Waals surface area contributed by atoms with Crippen LogP contribution in [0.25, 0.3) is 0 Å². The first-order chi connectivity index (χ1) is 9.76. The number of hydrogen-bond acceptors (Lipinski definition) is 4. The van der Waals surface area contributed by atoms with Gasteiger partial charge in [0.05, 0.1) is 19.1 Å². The first-order valence-electron chi connectivity index (χ1n) is 5.86. The van der Waals surface area contributed by atoms with Crippen molar-refractivity contribution < 1.29 is 22.7 Å². The van der Waals surface area contributed by atoms with Crippen LogP contribution in [0.2, 0.25) is 0 Å². The van der Waals surface area contributed by atoms with Crippen molar-refractivity contribution in [1.29, 1.82) is 5.41 Å². The number of hydrogen-bond donors (Lipinski definition) is 2. The Labute approximate surface area is 121 Å². The lowest BCUT2D eigenvalue weighted by atomic mass is 10.0. The van der Waals surface area contributed by atoms with Gasteiger partial charge < -0.3 is 15.9 Å². The van der Waals surface area contributed by atoms with Crippen molar-refractivity contribution >= 4 is 12.2 Å². The van der Waals surface area contributed by atoms with Gasteiger partial charge in [-0.25, -0.2) is 0 Å². The third-order valence-corrected chi connectivity index (χ3v) is 2.39. The molecule has 4 nitrogen and oxygen atoms in total. The summed E-state index contributed by atoms with van der Waals surface area (Å²) in [5.41, 5.74) is 3.98. The molecular formula is C14H17F3N2O2. The lowest BCUT2D eigenvalue weighted by Gasteiger charge is -2.12. The van der Waals surface area contributed by atoms with Gasteiger partial charge in [-0.2, -0.15) is 13.2 Å². The second-order valence-electron chi connectivity index (χ2n) is 3.96. The Kier molecular flexibility index (Phi) is 7.81. The fourth-order valence-electron chi connectivity index (χ4n) is 1.40. The minimum atomic E-state index is -4.71. The van der Waals surface area contributed by atoms with Crippen LogP contribution in [-0.4, -0.2) is 25.5 Å². The lowest BCUT2D eigenvalue weighted by molar-refractivity contribution is -0.139. The lowest BCUT2D eigenvalue weighted by Crippen LogP contribution is -2.19. The van der Waals surface area contributed by atoms with Crippen molar-refractivity contribution in [2.24, 2.45) is 5.73 Å². The molecule has 0 heterocycles. The maximum atomic E-state index is 12.6. The number of carbonyl (C=O) groups excluding carboxylic acids is 1. The predicted octanol–water partition coefficient (Wildman–Crippen LogP) is 3.03. The van der Waals surface area contributed by atoms with Crippen molar-refractivity contribution in [3.05, 3.63) is 47.7 Å². The predicted molar refractivity (Wildman–Crippen MR) is 74.7 cm³/mol. The van der Waals surface area contributed by atoms with Crippen molar-refractivity contribution in [1.82, 2.24) is 0 Å². The largest absolute Gasteiger partial charge is 0.469 e. The second kappa shape index (κ2) is 8.78. The number of halogens is 3. The van der Waals surface area contributed by atoms with Crippen LogP contribution in [0.15, 0.2) is 47.7 Å². The summed E-state index contributed by atoms with van der Waals surface area (Å²) < 4.78 is 42.4. The third-order valence-electron chi connectivity index (χ3n) is 2.39. The number of methoxy groups -OCH3 is 1. The average Bonchev–Trinajstić information content (AvgIpc) is 2.37. The normalized spacial score (nSPS) is 13.8. The summed E-state index contributed by atoms with van der Waals surface area (Å²) in [5, 5.41) is 6.81. The summed E-state index contributed by atoms with van der Waals surface area (Å²) in [5.74, 6) is -0.593. The molecule has 0 atom stereocenters. The van der Waals surface area contributed by atoms with E-state index in [1.54, 1.807) is 6.08 Å². The molecule has 0 fully saturated rings. The van der Waals surface area contributed by atoms with E-state index < -0.39 is 23.4 Å². The number of alkyl halides is 3. The van der Waals surface area contributed by atoms with Crippen LogP contribution in [0, 0.1) is 5.41 Å². The van der Waals surface area contributed by atoms with Gasteiger partial charge in [-0.1, -0.05) is 36.5 Å². The number of carbonyl (C=O) groups is 1. The monoisotopic (exact) mass is 302 g/mol. The van der Waals surface area contributed by atoms with E-state index in [0.29, 0.717) is 5.57 Å². The highest BCUT2D eigenvalue weighted by atomic mass is 19.4. The maximum absolute atomic E-state index is 12.6. The first-order valence-corrected chi connectivity index (χ1v) is 5.86. The molecule has 0 saturated carbocycles. The Hall–Kier alpha value is -2.31. The Morgan fingerprint density at radius 1 is 1.33 bits per heavy atom. The van der Waals surface area contributed by atoms with Gasteiger partial charge in [0.15, 0.2) is 0 Å². The number of allylic oxidation sites excluding steroid dienone is 6. The van der Waals surface area contributed by atoms with Crippen LogP contribution in [-0.2, 0) is 9.53 Å². The van der Waals surface area contributed by atoms with Gasteiger partial charge in [0.25, 0.3) is 0 Å². The fraction of sp³-hybridized carbons (Fsp3) is 0.286. The number of nitrogens with two attached hydrogens (primary N) is 1. The summed E-state index contributed by atoms with van der Waals surface area (Å²) >= 11 is 0. The van der Waals surface area contributed by atoms with E-state index in [-0.39, 0.29) is 19.1 Å². The molecule has 0 aliphatic heterocycles. The molecule has 0 rings (SSSR count). The van der Waals surface area contributed by atoms with Crippen LogP contribution in [0.4, 0.5) is 13.2 Å². The molecular weight excluding hydrogens is 285 g/mol. The molecule has 0 aliphatic rings. The summed E-state index contributed by atoms with van der Waals surface area (Å²) in [6.07, 6.45) is 0.981. The SMILES string of the molecule is C=C/C=C\C=C(\CC(=O)OC)CC(N)=C(C=N)C(F)(F)F. The summed E-state index contributed by atoms with van der Waals surface area (Å²) in [6.45, 7) is 3.45. The summed E-state index contributed by atoms with van der Waals surface area (Å²) in [4.78, 5) is 11.2. The van der Waals surface area contributed by atoms with Crippen LogP contribution in [0.3, 0.4) is 0 Å². The van der Waals surface area contributed by atoms with Gasteiger partial charge in [0.1, 0.15) is 0 Å². The van der Waals surface area contributed by atoms with E-state index >= 15 is 0 Å².